The van der Waals surface area contributed by atoms with Crippen LogP contribution >= 0.6 is 0 Å². The SMILES string of the molecule is CCCN1CCN(Cc2cnc(C(C)C)nc2)C(Cc2ccccc2-c2cccnc2)C1=O. The van der Waals surface area contributed by atoms with Crippen molar-refractivity contribution in [2.75, 3.05) is 19.6 Å². The van der Waals surface area contributed by atoms with Gasteiger partial charge in [0.25, 0.3) is 0 Å². The number of piperazine rings is 1. The summed E-state index contributed by atoms with van der Waals surface area (Å²) in [7, 11) is 0. The van der Waals surface area contributed by atoms with E-state index in [1.54, 1.807) is 6.20 Å². The molecule has 0 saturated carbocycles. The van der Waals surface area contributed by atoms with Crippen LogP contribution in [0.5, 0.6) is 0 Å². The van der Waals surface area contributed by atoms with E-state index >= 15 is 0 Å². The molecule has 0 spiro atoms. The first-order chi connectivity index (χ1) is 16.1. The van der Waals surface area contributed by atoms with Crippen molar-refractivity contribution < 1.29 is 4.79 Å². The number of carbonyl (C=O) groups is 1. The van der Waals surface area contributed by atoms with Crippen LogP contribution in [0.3, 0.4) is 0 Å². The van der Waals surface area contributed by atoms with E-state index in [2.05, 4.69) is 64.9 Å². The maximum absolute atomic E-state index is 13.6. The Morgan fingerprint density at radius 1 is 1.03 bits per heavy atom. The Labute approximate surface area is 196 Å². The summed E-state index contributed by atoms with van der Waals surface area (Å²) in [5, 5.41) is 0. The minimum absolute atomic E-state index is 0.212. The Bertz CT molecular complexity index is 1050. The van der Waals surface area contributed by atoms with Gasteiger partial charge in [0.15, 0.2) is 0 Å². The molecule has 1 aliphatic rings. The molecule has 3 heterocycles. The number of carbonyl (C=O) groups excluding carboxylic acids is 1. The van der Waals surface area contributed by atoms with Crippen LogP contribution in [-0.4, -0.2) is 56.3 Å². The van der Waals surface area contributed by atoms with Crippen molar-refractivity contribution in [1.82, 2.24) is 24.8 Å². The summed E-state index contributed by atoms with van der Waals surface area (Å²) in [4.78, 5) is 31.2. The van der Waals surface area contributed by atoms with E-state index in [0.717, 1.165) is 48.6 Å². The average molecular weight is 444 g/mol. The van der Waals surface area contributed by atoms with Crippen molar-refractivity contribution in [1.29, 1.82) is 0 Å². The Kier molecular flexibility index (Phi) is 7.45. The van der Waals surface area contributed by atoms with Gasteiger partial charge in [0, 0.05) is 68.0 Å². The molecule has 0 bridgehead atoms. The third-order valence-corrected chi connectivity index (χ3v) is 6.22. The number of hydrogen-bond acceptors (Lipinski definition) is 5. The van der Waals surface area contributed by atoms with Gasteiger partial charge in [-0.25, -0.2) is 9.97 Å². The zero-order valence-corrected chi connectivity index (χ0v) is 19.8. The monoisotopic (exact) mass is 443 g/mol. The lowest BCUT2D eigenvalue weighted by molar-refractivity contribution is -0.142. The fraction of sp³-hybridized carbons (Fsp3) is 0.407. The number of hydrogen-bond donors (Lipinski definition) is 0. The molecule has 1 fully saturated rings. The van der Waals surface area contributed by atoms with E-state index in [-0.39, 0.29) is 11.9 Å². The average Bonchev–Trinajstić information content (AvgIpc) is 2.84. The third kappa shape index (κ3) is 5.45. The number of nitrogens with zero attached hydrogens (tertiary/aromatic N) is 5. The second-order valence-corrected chi connectivity index (χ2v) is 9.02. The van der Waals surface area contributed by atoms with Crippen LogP contribution in [0.15, 0.2) is 61.2 Å². The number of rotatable bonds is 8. The third-order valence-electron chi connectivity index (χ3n) is 6.22. The lowest BCUT2D eigenvalue weighted by atomic mass is 9.93. The Morgan fingerprint density at radius 2 is 1.82 bits per heavy atom. The van der Waals surface area contributed by atoms with Crippen molar-refractivity contribution in [3.8, 4) is 11.1 Å². The molecule has 33 heavy (non-hydrogen) atoms. The van der Waals surface area contributed by atoms with E-state index in [9.17, 15) is 4.79 Å². The predicted molar refractivity (Wildman–Crippen MR) is 131 cm³/mol. The van der Waals surface area contributed by atoms with Crippen LogP contribution in [0, 0.1) is 0 Å². The summed E-state index contributed by atoms with van der Waals surface area (Å²) in [6, 6.07) is 12.2. The van der Waals surface area contributed by atoms with Crippen LogP contribution in [-0.2, 0) is 17.8 Å². The fourth-order valence-corrected chi connectivity index (χ4v) is 4.47. The highest BCUT2D eigenvalue weighted by Gasteiger charge is 2.35. The van der Waals surface area contributed by atoms with Gasteiger partial charge >= 0.3 is 0 Å². The van der Waals surface area contributed by atoms with Crippen LogP contribution in [0.2, 0.25) is 0 Å². The van der Waals surface area contributed by atoms with Crippen LogP contribution in [0.1, 0.15) is 50.1 Å². The quantitative estimate of drug-likeness (QED) is 0.519. The van der Waals surface area contributed by atoms with E-state index in [0.29, 0.717) is 18.9 Å². The molecule has 0 N–H and O–H groups in total. The van der Waals surface area contributed by atoms with Crippen molar-refractivity contribution >= 4 is 5.91 Å². The normalized spacial score (nSPS) is 17.0. The molecule has 2 aromatic heterocycles. The first-order valence-corrected chi connectivity index (χ1v) is 11.9. The van der Waals surface area contributed by atoms with Gasteiger partial charge in [-0.2, -0.15) is 0 Å². The van der Waals surface area contributed by atoms with Gasteiger partial charge in [0.2, 0.25) is 5.91 Å². The van der Waals surface area contributed by atoms with Crippen molar-refractivity contribution in [2.24, 2.45) is 0 Å². The lowest BCUT2D eigenvalue weighted by Gasteiger charge is -2.41. The van der Waals surface area contributed by atoms with E-state index in [1.807, 2.05) is 35.6 Å². The summed E-state index contributed by atoms with van der Waals surface area (Å²) in [6.45, 7) is 9.39. The van der Waals surface area contributed by atoms with Gasteiger partial charge in [-0.1, -0.05) is 51.1 Å². The predicted octanol–water partition coefficient (Wildman–Crippen LogP) is 4.33. The first kappa shape index (κ1) is 23.1. The maximum atomic E-state index is 13.6. The molecule has 1 atom stereocenters. The van der Waals surface area contributed by atoms with Gasteiger partial charge in [0.1, 0.15) is 5.82 Å². The number of aromatic nitrogens is 3. The molecule has 6 heteroatoms. The first-order valence-electron chi connectivity index (χ1n) is 11.9. The van der Waals surface area contributed by atoms with Gasteiger partial charge in [-0.15, -0.1) is 0 Å². The molecule has 172 valence electrons. The van der Waals surface area contributed by atoms with Gasteiger partial charge in [-0.3, -0.25) is 14.7 Å². The molecule has 4 rings (SSSR count). The van der Waals surface area contributed by atoms with Crippen LogP contribution in [0.4, 0.5) is 0 Å². The van der Waals surface area contributed by atoms with Crippen molar-refractivity contribution in [3.05, 3.63) is 78.1 Å². The summed E-state index contributed by atoms with van der Waals surface area (Å²) < 4.78 is 0. The van der Waals surface area contributed by atoms with Crippen LogP contribution < -0.4 is 0 Å². The summed E-state index contributed by atoms with van der Waals surface area (Å²) in [5.74, 6) is 1.36. The van der Waals surface area contributed by atoms with Crippen molar-refractivity contribution in [2.45, 2.75) is 52.1 Å². The second kappa shape index (κ2) is 10.7. The van der Waals surface area contributed by atoms with Crippen LogP contribution in [0.25, 0.3) is 11.1 Å². The van der Waals surface area contributed by atoms with E-state index in [4.69, 9.17) is 0 Å². The van der Waals surface area contributed by atoms with E-state index < -0.39 is 0 Å². The standard InChI is InChI=1S/C27H33N5O/c1-4-12-31-13-14-32(19-21-16-29-26(20(2)3)30-17-21)25(27(31)33)15-22-8-5-6-10-24(22)23-9-7-11-28-18-23/h5-11,16-18,20,25H,4,12-15,19H2,1-3H3. The highest BCUT2D eigenvalue weighted by molar-refractivity contribution is 5.83. The van der Waals surface area contributed by atoms with Gasteiger partial charge in [0.05, 0.1) is 6.04 Å². The number of amides is 1. The molecular formula is C27H33N5O. The number of benzene rings is 1. The Morgan fingerprint density at radius 3 is 2.52 bits per heavy atom. The highest BCUT2D eigenvalue weighted by atomic mass is 16.2. The Balaban J connectivity index is 1.61. The second-order valence-electron chi connectivity index (χ2n) is 9.02. The minimum atomic E-state index is -0.215. The lowest BCUT2D eigenvalue weighted by Crippen LogP contribution is -2.57. The zero-order valence-electron chi connectivity index (χ0n) is 19.8. The molecular weight excluding hydrogens is 410 g/mol. The Hall–Kier alpha value is -3.12. The maximum Gasteiger partial charge on any atom is 0.240 e. The smallest absolute Gasteiger partial charge is 0.240 e. The molecule has 1 aromatic carbocycles. The highest BCUT2D eigenvalue weighted by Crippen LogP contribution is 2.27. The molecule has 0 aliphatic carbocycles. The summed E-state index contributed by atoms with van der Waals surface area (Å²) in [5.41, 5.74) is 4.42. The molecule has 1 unspecified atom stereocenters. The largest absolute Gasteiger partial charge is 0.340 e. The summed E-state index contributed by atoms with van der Waals surface area (Å²) in [6.07, 6.45) is 9.12. The molecule has 1 amide bonds. The molecule has 3 aromatic rings. The molecule has 6 nitrogen and oxygen atoms in total. The van der Waals surface area contributed by atoms with Crippen molar-refractivity contribution in [3.63, 3.8) is 0 Å². The summed E-state index contributed by atoms with van der Waals surface area (Å²) >= 11 is 0. The van der Waals surface area contributed by atoms with E-state index in [1.165, 1.54) is 5.56 Å². The van der Waals surface area contributed by atoms with Gasteiger partial charge < -0.3 is 4.90 Å². The molecule has 0 radical (unpaired) electrons. The number of pyridine rings is 1. The minimum Gasteiger partial charge on any atom is -0.340 e. The topological polar surface area (TPSA) is 62.2 Å². The molecule has 1 saturated heterocycles. The van der Waals surface area contributed by atoms with Gasteiger partial charge in [-0.05, 0) is 30.0 Å². The molecule has 1 aliphatic heterocycles. The fourth-order valence-electron chi connectivity index (χ4n) is 4.47. The zero-order chi connectivity index (χ0) is 23.2.